The zero-order valence-corrected chi connectivity index (χ0v) is 18.5. The molecule has 3 aromatic rings. The lowest BCUT2D eigenvalue weighted by atomic mass is 9.82. The first kappa shape index (κ1) is 20.8. The average molecular weight is 418 g/mol. The van der Waals surface area contributed by atoms with Crippen LogP contribution in [0.3, 0.4) is 0 Å². The molecule has 6 heteroatoms. The molecular formula is C25H27N3O3. The van der Waals surface area contributed by atoms with Crippen LogP contribution in [0.4, 0.5) is 0 Å². The Labute approximate surface area is 181 Å². The maximum Gasteiger partial charge on any atom is 0.342 e. The van der Waals surface area contributed by atoms with Crippen molar-refractivity contribution in [3.63, 3.8) is 0 Å². The average Bonchev–Trinajstić information content (AvgIpc) is 3.05. The largest absolute Gasteiger partial charge is 0.459 e. The number of rotatable bonds is 3. The summed E-state index contributed by atoms with van der Waals surface area (Å²) in [7, 11) is 0. The van der Waals surface area contributed by atoms with Crippen LogP contribution in [0.2, 0.25) is 0 Å². The highest BCUT2D eigenvalue weighted by Gasteiger charge is 2.37. The van der Waals surface area contributed by atoms with Crippen molar-refractivity contribution in [3.8, 4) is 0 Å². The van der Waals surface area contributed by atoms with Gasteiger partial charge in [0.05, 0.1) is 17.4 Å². The monoisotopic (exact) mass is 417 g/mol. The highest BCUT2D eigenvalue weighted by atomic mass is 16.5. The van der Waals surface area contributed by atoms with Gasteiger partial charge in [-0.15, -0.1) is 0 Å². The van der Waals surface area contributed by atoms with Crippen LogP contribution in [0.25, 0.3) is 16.5 Å². The van der Waals surface area contributed by atoms with Crippen LogP contribution in [0.15, 0.2) is 48.9 Å². The lowest BCUT2D eigenvalue weighted by Gasteiger charge is -2.29. The highest BCUT2D eigenvalue weighted by molar-refractivity contribution is 6.18. The summed E-state index contributed by atoms with van der Waals surface area (Å²) in [6.07, 6.45) is 4.87. The van der Waals surface area contributed by atoms with E-state index in [1.807, 2.05) is 51.1 Å². The first-order valence-corrected chi connectivity index (χ1v) is 10.4. The van der Waals surface area contributed by atoms with E-state index in [2.05, 4.69) is 23.8 Å². The second kappa shape index (κ2) is 7.69. The van der Waals surface area contributed by atoms with Crippen molar-refractivity contribution in [1.82, 2.24) is 14.9 Å². The topological polar surface area (TPSA) is 75.3 Å². The predicted molar refractivity (Wildman–Crippen MR) is 121 cm³/mol. The molecule has 6 nitrogen and oxygen atoms in total. The van der Waals surface area contributed by atoms with Crippen LogP contribution >= 0.6 is 0 Å². The van der Waals surface area contributed by atoms with Crippen molar-refractivity contribution in [3.05, 3.63) is 71.3 Å². The SMILES string of the molecule is Cc1ccc(C(=O)N2C=C(C(=O)OC(C)C)c3[nH]c4ccncc4c3C(C)(C)C2)cc1. The van der Waals surface area contributed by atoms with Crippen molar-refractivity contribution >= 4 is 28.4 Å². The number of fused-ring (bicyclic) bond motifs is 3. The number of ether oxygens (including phenoxy) is 1. The van der Waals surface area contributed by atoms with Gasteiger partial charge in [-0.1, -0.05) is 31.5 Å². The molecule has 0 unspecified atom stereocenters. The molecule has 31 heavy (non-hydrogen) atoms. The molecule has 4 rings (SSSR count). The molecule has 2 aromatic heterocycles. The van der Waals surface area contributed by atoms with E-state index in [9.17, 15) is 9.59 Å². The van der Waals surface area contributed by atoms with Gasteiger partial charge in [0.25, 0.3) is 5.91 Å². The molecular weight excluding hydrogens is 390 g/mol. The molecule has 0 bridgehead atoms. The van der Waals surface area contributed by atoms with Crippen LogP contribution in [-0.2, 0) is 14.9 Å². The third-order valence-corrected chi connectivity index (χ3v) is 5.52. The summed E-state index contributed by atoms with van der Waals surface area (Å²) in [5.41, 5.74) is 4.10. The van der Waals surface area contributed by atoms with Crippen molar-refractivity contribution < 1.29 is 14.3 Å². The zero-order valence-electron chi connectivity index (χ0n) is 18.5. The summed E-state index contributed by atoms with van der Waals surface area (Å²) >= 11 is 0. The summed E-state index contributed by atoms with van der Waals surface area (Å²) in [5.74, 6) is -0.620. The Hall–Kier alpha value is -3.41. The minimum atomic E-state index is -0.463. The maximum absolute atomic E-state index is 13.4. The number of pyridine rings is 1. The predicted octanol–water partition coefficient (Wildman–Crippen LogP) is 4.60. The summed E-state index contributed by atoms with van der Waals surface area (Å²) in [5, 5.41) is 0.940. The van der Waals surface area contributed by atoms with E-state index in [1.54, 1.807) is 23.5 Å². The van der Waals surface area contributed by atoms with E-state index in [4.69, 9.17) is 4.74 Å². The molecule has 1 aliphatic heterocycles. The number of H-pyrrole nitrogens is 1. The van der Waals surface area contributed by atoms with Gasteiger partial charge in [-0.25, -0.2) is 4.79 Å². The van der Waals surface area contributed by atoms with E-state index in [-0.39, 0.29) is 12.0 Å². The zero-order chi connectivity index (χ0) is 22.3. The highest BCUT2D eigenvalue weighted by Crippen LogP contribution is 2.40. The molecule has 1 aliphatic rings. The number of hydrogen-bond donors (Lipinski definition) is 1. The Morgan fingerprint density at radius 3 is 2.55 bits per heavy atom. The third kappa shape index (κ3) is 3.85. The summed E-state index contributed by atoms with van der Waals surface area (Å²) in [6, 6.07) is 9.34. The first-order valence-electron chi connectivity index (χ1n) is 10.4. The Kier molecular flexibility index (Phi) is 5.17. The molecule has 0 radical (unpaired) electrons. The van der Waals surface area contributed by atoms with E-state index < -0.39 is 11.4 Å². The van der Waals surface area contributed by atoms with Gasteiger partial charge in [0, 0.05) is 47.0 Å². The summed E-state index contributed by atoms with van der Waals surface area (Å²) in [6.45, 7) is 10.2. The number of carbonyl (C=O) groups is 2. The molecule has 160 valence electrons. The van der Waals surface area contributed by atoms with Gasteiger partial charge in [0.2, 0.25) is 0 Å². The standard InChI is InChI=1S/C25H27N3O3/c1-15(2)31-24(30)19-13-28(23(29)17-8-6-16(3)7-9-17)14-25(4,5)21-18-12-26-11-10-20(18)27-22(19)21/h6-13,15,27H,14H2,1-5H3. The lowest BCUT2D eigenvalue weighted by Crippen LogP contribution is -2.37. The molecule has 1 amide bonds. The third-order valence-electron chi connectivity index (χ3n) is 5.52. The maximum atomic E-state index is 13.4. The van der Waals surface area contributed by atoms with Gasteiger partial charge in [-0.2, -0.15) is 0 Å². The molecule has 3 heterocycles. The van der Waals surface area contributed by atoms with Crippen LogP contribution < -0.4 is 0 Å². The fraction of sp³-hybridized carbons (Fsp3) is 0.320. The van der Waals surface area contributed by atoms with Crippen LogP contribution in [0.5, 0.6) is 0 Å². The van der Waals surface area contributed by atoms with E-state index in [1.165, 1.54) is 0 Å². The number of esters is 1. The first-order chi connectivity index (χ1) is 14.7. The second-order valence-corrected chi connectivity index (χ2v) is 8.98. The van der Waals surface area contributed by atoms with Crippen molar-refractivity contribution in [2.45, 2.75) is 46.1 Å². The van der Waals surface area contributed by atoms with Gasteiger partial charge in [0.1, 0.15) is 0 Å². The molecule has 0 aliphatic carbocycles. The Balaban J connectivity index is 1.89. The number of aromatic nitrogens is 2. The molecule has 0 saturated carbocycles. The van der Waals surface area contributed by atoms with Gasteiger partial charge in [0.15, 0.2) is 0 Å². The van der Waals surface area contributed by atoms with Gasteiger partial charge < -0.3 is 14.6 Å². The number of benzene rings is 1. The minimum absolute atomic E-state index is 0.157. The molecule has 0 saturated heterocycles. The number of hydrogen-bond acceptors (Lipinski definition) is 4. The fourth-order valence-corrected chi connectivity index (χ4v) is 4.14. The van der Waals surface area contributed by atoms with Crippen LogP contribution in [0.1, 0.15) is 54.9 Å². The quantitative estimate of drug-likeness (QED) is 0.632. The molecule has 1 N–H and O–H groups in total. The molecule has 0 atom stereocenters. The van der Waals surface area contributed by atoms with Crippen molar-refractivity contribution in [2.75, 3.05) is 6.54 Å². The normalized spacial score (nSPS) is 15.4. The van der Waals surface area contributed by atoms with Gasteiger partial charge in [-0.05, 0) is 44.5 Å². The lowest BCUT2D eigenvalue weighted by molar-refractivity contribution is -0.140. The molecule has 1 aromatic carbocycles. The smallest absolute Gasteiger partial charge is 0.342 e. The van der Waals surface area contributed by atoms with Gasteiger partial charge in [-0.3, -0.25) is 9.78 Å². The van der Waals surface area contributed by atoms with Crippen LogP contribution in [0, 0.1) is 6.92 Å². The number of aromatic amines is 1. The van der Waals surface area contributed by atoms with E-state index >= 15 is 0 Å². The Morgan fingerprint density at radius 1 is 1.16 bits per heavy atom. The number of aryl methyl sites for hydroxylation is 1. The summed E-state index contributed by atoms with van der Waals surface area (Å²) < 4.78 is 5.53. The number of nitrogens with one attached hydrogen (secondary N) is 1. The Bertz CT molecular complexity index is 1190. The molecule has 0 fully saturated rings. The number of amides is 1. The van der Waals surface area contributed by atoms with Gasteiger partial charge >= 0.3 is 5.97 Å². The summed E-state index contributed by atoms with van der Waals surface area (Å²) in [4.78, 5) is 35.8. The van der Waals surface area contributed by atoms with Crippen LogP contribution in [-0.4, -0.2) is 39.4 Å². The molecule has 0 spiro atoms. The minimum Gasteiger partial charge on any atom is -0.459 e. The number of carbonyl (C=O) groups excluding carboxylic acids is 2. The second-order valence-electron chi connectivity index (χ2n) is 8.98. The number of nitrogens with zero attached hydrogens (tertiary/aromatic N) is 2. The van der Waals surface area contributed by atoms with E-state index in [0.717, 1.165) is 22.0 Å². The van der Waals surface area contributed by atoms with Crippen molar-refractivity contribution in [1.29, 1.82) is 0 Å². The Morgan fingerprint density at radius 2 is 1.87 bits per heavy atom. The van der Waals surface area contributed by atoms with E-state index in [0.29, 0.717) is 23.4 Å². The fourth-order valence-electron chi connectivity index (χ4n) is 4.14. The van der Waals surface area contributed by atoms with Crippen molar-refractivity contribution in [2.24, 2.45) is 0 Å².